The Bertz CT molecular complexity index is 531. The van der Waals surface area contributed by atoms with E-state index in [0.717, 1.165) is 0 Å². The normalized spacial score (nSPS) is 12.6. The van der Waals surface area contributed by atoms with Crippen molar-refractivity contribution in [1.29, 1.82) is 0 Å². The van der Waals surface area contributed by atoms with Crippen LogP contribution in [0.5, 0.6) is 0 Å². The number of aliphatic carboxylic acids is 1. The lowest BCUT2D eigenvalue weighted by atomic mass is 9.86. The van der Waals surface area contributed by atoms with Crippen molar-refractivity contribution < 1.29 is 19.6 Å². The monoisotopic (exact) mass is 280 g/mol. The van der Waals surface area contributed by atoms with Crippen LogP contribution in [0.4, 0.5) is 5.69 Å². The third-order valence-corrected chi connectivity index (χ3v) is 2.73. The van der Waals surface area contributed by atoms with Crippen LogP contribution in [0.1, 0.15) is 31.1 Å². The number of nitro groups is 1. The molecule has 1 atom stereocenters. The number of amides is 1. The van der Waals surface area contributed by atoms with Crippen LogP contribution in [-0.4, -0.2) is 27.9 Å². The summed E-state index contributed by atoms with van der Waals surface area (Å²) in [6, 6.07) is 3.92. The number of carbonyl (C=O) groups excluding carboxylic acids is 1. The average molecular weight is 280 g/mol. The lowest BCUT2D eigenvalue weighted by Gasteiger charge is -2.27. The third-order valence-electron chi connectivity index (χ3n) is 2.73. The van der Waals surface area contributed by atoms with Crippen molar-refractivity contribution in [2.45, 2.75) is 26.8 Å². The van der Waals surface area contributed by atoms with Gasteiger partial charge in [0.05, 0.1) is 4.92 Å². The summed E-state index contributed by atoms with van der Waals surface area (Å²) >= 11 is 0. The number of carbonyl (C=O) groups is 2. The Morgan fingerprint density at radius 2 is 1.75 bits per heavy atom. The van der Waals surface area contributed by atoms with Crippen LogP contribution in [0.25, 0.3) is 0 Å². The summed E-state index contributed by atoms with van der Waals surface area (Å²) in [5.74, 6) is -1.71. The molecule has 0 aliphatic rings. The first-order chi connectivity index (χ1) is 9.12. The second-order valence-electron chi connectivity index (χ2n) is 5.41. The molecule has 0 unspecified atom stereocenters. The molecule has 0 heterocycles. The molecular formula is C13H16N2O5. The van der Waals surface area contributed by atoms with E-state index in [1.54, 1.807) is 20.8 Å². The van der Waals surface area contributed by atoms with Gasteiger partial charge in [0.1, 0.15) is 6.04 Å². The number of rotatable bonds is 4. The third kappa shape index (κ3) is 3.78. The molecule has 1 amide bonds. The van der Waals surface area contributed by atoms with Gasteiger partial charge in [-0.05, 0) is 17.5 Å². The Labute approximate surface area is 115 Å². The Morgan fingerprint density at radius 1 is 1.25 bits per heavy atom. The number of nitro benzene ring substituents is 1. The quantitative estimate of drug-likeness (QED) is 0.645. The van der Waals surface area contributed by atoms with Gasteiger partial charge in [-0.15, -0.1) is 0 Å². The van der Waals surface area contributed by atoms with Gasteiger partial charge >= 0.3 is 5.97 Å². The molecule has 0 bridgehead atoms. The fourth-order valence-electron chi connectivity index (χ4n) is 1.60. The molecule has 0 radical (unpaired) electrons. The molecule has 0 saturated heterocycles. The molecule has 0 saturated carbocycles. The van der Waals surface area contributed by atoms with E-state index >= 15 is 0 Å². The fraction of sp³-hybridized carbons (Fsp3) is 0.385. The Hall–Kier alpha value is -2.44. The number of benzene rings is 1. The molecule has 7 heteroatoms. The van der Waals surface area contributed by atoms with Crippen molar-refractivity contribution in [3.8, 4) is 0 Å². The first kappa shape index (κ1) is 15.6. The maximum absolute atomic E-state index is 11.9. The van der Waals surface area contributed by atoms with E-state index in [9.17, 15) is 19.7 Å². The van der Waals surface area contributed by atoms with Crippen LogP contribution >= 0.6 is 0 Å². The minimum atomic E-state index is -1.13. The van der Waals surface area contributed by atoms with E-state index in [4.69, 9.17) is 5.11 Å². The number of hydrogen-bond donors (Lipinski definition) is 2. The second kappa shape index (κ2) is 5.68. The van der Waals surface area contributed by atoms with Gasteiger partial charge in [-0.25, -0.2) is 4.79 Å². The Kier molecular flexibility index (Phi) is 4.44. The molecule has 20 heavy (non-hydrogen) atoms. The van der Waals surface area contributed by atoms with Gasteiger partial charge in [-0.3, -0.25) is 14.9 Å². The number of hydrogen-bond acceptors (Lipinski definition) is 4. The average Bonchev–Trinajstić information content (AvgIpc) is 2.33. The first-order valence-corrected chi connectivity index (χ1v) is 5.91. The van der Waals surface area contributed by atoms with Gasteiger partial charge in [-0.1, -0.05) is 20.8 Å². The van der Waals surface area contributed by atoms with Crippen LogP contribution in [-0.2, 0) is 4.79 Å². The maximum Gasteiger partial charge on any atom is 0.326 e. The van der Waals surface area contributed by atoms with Crippen LogP contribution in [0.2, 0.25) is 0 Å². The molecule has 0 aromatic heterocycles. The van der Waals surface area contributed by atoms with Gasteiger partial charge < -0.3 is 10.4 Å². The topological polar surface area (TPSA) is 110 Å². The van der Waals surface area contributed by atoms with Gasteiger partial charge in [0.15, 0.2) is 0 Å². The molecule has 0 fully saturated rings. The molecule has 2 N–H and O–H groups in total. The molecular weight excluding hydrogens is 264 g/mol. The number of non-ortho nitro benzene ring substituents is 1. The van der Waals surface area contributed by atoms with Crippen LogP contribution in [0, 0.1) is 15.5 Å². The maximum atomic E-state index is 11.9. The molecule has 0 aliphatic heterocycles. The van der Waals surface area contributed by atoms with Crippen molar-refractivity contribution >= 4 is 17.6 Å². The molecule has 0 spiro atoms. The lowest BCUT2D eigenvalue weighted by Crippen LogP contribution is -2.49. The van der Waals surface area contributed by atoms with Crippen molar-refractivity contribution in [3.63, 3.8) is 0 Å². The van der Waals surface area contributed by atoms with E-state index in [2.05, 4.69) is 5.32 Å². The van der Waals surface area contributed by atoms with Gasteiger partial charge in [0, 0.05) is 17.7 Å². The molecule has 1 aromatic rings. The number of nitrogens with one attached hydrogen (secondary N) is 1. The zero-order chi connectivity index (χ0) is 15.5. The van der Waals surface area contributed by atoms with Gasteiger partial charge in [0.25, 0.3) is 11.6 Å². The number of carboxylic acids is 1. The molecule has 108 valence electrons. The van der Waals surface area contributed by atoms with E-state index in [1.807, 2.05) is 0 Å². The van der Waals surface area contributed by atoms with E-state index in [0.29, 0.717) is 0 Å². The predicted molar refractivity (Wildman–Crippen MR) is 71.4 cm³/mol. The first-order valence-electron chi connectivity index (χ1n) is 5.91. The van der Waals surface area contributed by atoms with Crippen LogP contribution in [0.15, 0.2) is 24.3 Å². The summed E-state index contributed by atoms with van der Waals surface area (Å²) in [6.07, 6.45) is 0. The second-order valence-corrected chi connectivity index (χ2v) is 5.41. The fourth-order valence-corrected chi connectivity index (χ4v) is 1.60. The molecule has 7 nitrogen and oxygen atoms in total. The van der Waals surface area contributed by atoms with Gasteiger partial charge in [-0.2, -0.15) is 0 Å². The van der Waals surface area contributed by atoms with Crippen molar-refractivity contribution in [3.05, 3.63) is 39.9 Å². The number of carboxylic acid groups (broad SMARTS) is 1. The highest BCUT2D eigenvalue weighted by Gasteiger charge is 2.32. The van der Waals surface area contributed by atoms with Crippen molar-refractivity contribution in [2.24, 2.45) is 5.41 Å². The minimum Gasteiger partial charge on any atom is -0.480 e. The van der Waals surface area contributed by atoms with E-state index in [1.165, 1.54) is 24.3 Å². The predicted octanol–water partition coefficient (Wildman–Crippen LogP) is 1.82. The highest BCUT2D eigenvalue weighted by molar-refractivity contribution is 5.96. The summed E-state index contributed by atoms with van der Waals surface area (Å²) in [4.78, 5) is 33.0. The molecule has 0 aliphatic carbocycles. The highest BCUT2D eigenvalue weighted by Crippen LogP contribution is 2.20. The largest absolute Gasteiger partial charge is 0.480 e. The summed E-state index contributed by atoms with van der Waals surface area (Å²) < 4.78 is 0. The number of nitrogens with zero attached hydrogens (tertiary/aromatic N) is 1. The standard InChI is InChI=1S/C13H16N2O5/c1-13(2,3)10(12(17)18)14-11(16)8-4-6-9(7-5-8)15(19)20/h4-7,10H,1-3H3,(H,14,16)(H,17,18)/t10-/m1/s1. The van der Waals surface area contributed by atoms with Crippen molar-refractivity contribution in [1.82, 2.24) is 5.32 Å². The summed E-state index contributed by atoms with van der Waals surface area (Å²) in [5.41, 5.74) is -0.610. The van der Waals surface area contributed by atoms with Crippen LogP contribution < -0.4 is 5.32 Å². The zero-order valence-corrected chi connectivity index (χ0v) is 11.4. The summed E-state index contributed by atoms with van der Waals surface area (Å²) in [5, 5.41) is 22.0. The van der Waals surface area contributed by atoms with Crippen LogP contribution in [0.3, 0.4) is 0 Å². The highest BCUT2D eigenvalue weighted by atomic mass is 16.6. The molecule has 1 aromatic carbocycles. The smallest absolute Gasteiger partial charge is 0.326 e. The van der Waals surface area contributed by atoms with Crippen molar-refractivity contribution in [2.75, 3.05) is 0 Å². The van der Waals surface area contributed by atoms with Gasteiger partial charge in [0.2, 0.25) is 0 Å². The zero-order valence-electron chi connectivity index (χ0n) is 11.4. The molecule has 1 rings (SSSR count). The summed E-state index contributed by atoms with van der Waals surface area (Å²) in [6.45, 7) is 5.09. The lowest BCUT2D eigenvalue weighted by molar-refractivity contribution is -0.384. The SMILES string of the molecule is CC(C)(C)[C@H](NC(=O)c1ccc([N+](=O)[O-])cc1)C(=O)O. The minimum absolute atomic E-state index is 0.132. The van der Waals surface area contributed by atoms with E-state index < -0.39 is 28.3 Å². The van der Waals surface area contributed by atoms with E-state index in [-0.39, 0.29) is 11.3 Å². The summed E-state index contributed by atoms with van der Waals surface area (Å²) in [7, 11) is 0. The Morgan fingerprint density at radius 3 is 2.10 bits per heavy atom. The Balaban J connectivity index is 2.90.